The van der Waals surface area contributed by atoms with Crippen molar-refractivity contribution in [3.05, 3.63) is 204 Å². The van der Waals surface area contributed by atoms with Crippen molar-refractivity contribution in [2.24, 2.45) is 0 Å². The quantitative estimate of drug-likeness (QED) is 0.176. The Bertz CT molecular complexity index is 2840. The number of anilines is 2. The molecule has 264 valence electrons. The lowest BCUT2D eigenvalue weighted by Crippen LogP contribution is -2.24. The van der Waals surface area contributed by atoms with Gasteiger partial charge in [-0.2, -0.15) is 0 Å². The molecule has 0 N–H and O–H groups in total. The molecule has 0 saturated carbocycles. The van der Waals surface area contributed by atoms with Crippen molar-refractivity contribution in [3.8, 4) is 22.3 Å². The van der Waals surface area contributed by atoms with E-state index in [1.165, 1.54) is 110 Å². The molecule has 0 radical (unpaired) electrons. The Labute approximate surface area is 326 Å². The van der Waals surface area contributed by atoms with Crippen LogP contribution in [-0.2, 0) is 26.2 Å². The van der Waals surface area contributed by atoms with Crippen molar-refractivity contribution in [2.75, 3.05) is 9.80 Å². The minimum absolute atomic E-state index is 0.820. The molecule has 0 atom stereocenters. The van der Waals surface area contributed by atoms with Gasteiger partial charge in [0.05, 0.1) is 0 Å². The molecule has 2 heteroatoms. The highest BCUT2D eigenvalue weighted by Crippen LogP contribution is 2.47. The Morgan fingerprint density at radius 3 is 0.857 bits per heavy atom. The van der Waals surface area contributed by atoms with E-state index >= 15 is 0 Å². The van der Waals surface area contributed by atoms with Gasteiger partial charge in [0.25, 0.3) is 0 Å². The van der Waals surface area contributed by atoms with Crippen molar-refractivity contribution in [1.29, 1.82) is 0 Å². The molecular formula is C54H38N2. The lowest BCUT2D eigenvalue weighted by Gasteiger charge is -2.30. The zero-order chi connectivity index (χ0) is 36.7. The molecule has 10 aromatic carbocycles. The van der Waals surface area contributed by atoms with E-state index in [-0.39, 0.29) is 0 Å². The van der Waals surface area contributed by atoms with Crippen LogP contribution in [0.3, 0.4) is 0 Å². The van der Waals surface area contributed by atoms with E-state index in [1.807, 2.05) is 0 Å². The third kappa shape index (κ3) is 4.75. The summed E-state index contributed by atoms with van der Waals surface area (Å²) in [4.78, 5) is 5.28. The van der Waals surface area contributed by atoms with E-state index < -0.39 is 0 Å². The molecule has 0 unspecified atom stereocenters. The van der Waals surface area contributed by atoms with Gasteiger partial charge in [0.15, 0.2) is 0 Å². The van der Waals surface area contributed by atoms with Crippen molar-refractivity contribution < 1.29 is 0 Å². The molecule has 0 aromatic heterocycles. The second-order valence-electron chi connectivity index (χ2n) is 15.6. The topological polar surface area (TPSA) is 6.48 Å². The molecule has 2 heterocycles. The first kappa shape index (κ1) is 31.5. The molecule has 0 spiro atoms. The molecular weight excluding hydrogens is 677 g/mol. The van der Waals surface area contributed by atoms with Gasteiger partial charge in [0, 0.05) is 42.9 Å². The predicted molar refractivity (Wildman–Crippen MR) is 238 cm³/mol. The summed E-state index contributed by atoms with van der Waals surface area (Å²) < 4.78 is 0. The van der Waals surface area contributed by atoms with Crippen molar-refractivity contribution in [1.82, 2.24) is 0 Å². The van der Waals surface area contributed by atoms with Gasteiger partial charge in [-0.15, -0.1) is 0 Å². The van der Waals surface area contributed by atoms with Crippen LogP contribution in [0.15, 0.2) is 182 Å². The Morgan fingerprint density at radius 1 is 0.250 bits per heavy atom. The highest BCUT2D eigenvalue weighted by atomic mass is 15.2. The predicted octanol–water partition coefficient (Wildman–Crippen LogP) is 13.8. The lowest BCUT2D eigenvalue weighted by atomic mass is 9.88. The maximum atomic E-state index is 2.64. The third-order valence-corrected chi connectivity index (χ3v) is 12.5. The molecule has 2 aliphatic heterocycles. The fourth-order valence-corrected chi connectivity index (χ4v) is 10.1. The van der Waals surface area contributed by atoms with Gasteiger partial charge >= 0.3 is 0 Å². The molecule has 0 aliphatic carbocycles. The van der Waals surface area contributed by atoms with Crippen LogP contribution in [0.1, 0.15) is 22.3 Å². The SMILES string of the molecule is c1ccc2c3c(ccc2c1)CN(c1cccc2cccc(N4Cc5ccc6ccccc6c5-c5c(ccc6ccccc56)C4)c12)Cc1ccc2ccccc2c1-3. The van der Waals surface area contributed by atoms with E-state index in [4.69, 9.17) is 0 Å². The average Bonchev–Trinajstić information content (AvgIpc) is 3.55. The van der Waals surface area contributed by atoms with Crippen LogP contribution in [0.4, 0.5) is 11.4 Å². The minimum Gasteiger partial charge on any atom is -0.362 e. The normalized spacial score (nSPS) is 13.7. The number of rotatable bonds is 2. The molecule has 0 amide bonds. The zero-order valence-corrected chi connectivity index (χ0v) is 31.0. The number of nitrogens with zero attached hydrogens (tertiary/aromatic N) is 2. The van der Waals surface area contributed by atoms with E-state index in [1.54, 1.807) is 0 Å². The summed E-state index contributed by atoms with van der Waals surface area (Å²) in [7, 11) is 0. The monoisotopic (exact) mass is 714 g/mol. The number of fused-ring (bicyclic) bond motifs is 15. The maximum absolute atomic E-state index is 2.64. The van der Waals surface area contributed by atoms with Gasteiger partial charge < -0.3 is 9.80 Å². The fourth-order valence-electron chi connectivity index (χ4n) is 10.1. The third-order valence-electron chi connectivity index (χ3n) is 12.5. The van der Waals surface area contributed by atoms with Crippen molar-refractivity contribution in [2.45, 2.75) is 26.2 Å². The molecule has 2 aliphatic rings. The first-order chi connectivity index (χ1) is 27.8. The molecule has 12 rings (SSSR count). The number of hydrogen-bond donors (Lipinski definition) is 0. The van der Waals surface area contributed by atoms with Gasteiger partial charge in [-0.1, -0.05) is 170 Å². The van der Waals surface area contributed by atoms with Crippen LogP contribution >= 0.6 is 0 Å². The largest absolute Gasteiger partial charge is 0.362 e. The molecule has 10 aromatic rings. The highest BCUT2D eigenvalue weighted by Gasteiger charge is 2.28. The highest BCUT2D eigenvalue weighted by molar-refractivity contribution is 6.11. The van der Waals surface area contributed by atoms with Gasteiger partial charge in [0.1, 0.15) is 0 Å². The second kappa shape index (κ2) is 12.3. The minimum atomic E-state index is 0.820. The summed E-state index contributed by atoms with van der Waals surface area (Å²) in [6.45, 7) is 3.28. The zero-order valence-electron chi connectivity index (χ0n) is 31.0. The fraction of sp³-hybridized carbons (Fsp3) is 0.0741. The van der Waals surface area contributed by atoms with Crippen LogP contribution in [0.2, 0.25) is 0 Å². The van der Waals surface area contributed by atoms with Gasteiger partial charge in [0.2, 0.25) is 0 Å². The molecule has 0 fully saturated rings. The maximum Gasteiger partial charge on any atom is 0.0473 e. The Kier molecular flexibility index (Phi) is 6.91. The summed E-state index contributed by atoms with van der Waals surface area (Å²) in [5.41, 5.74) is 13.5. The first-order valence-electron chi connectivity index (χ1n) is 19.8. The first-order valence-corrected chi connectivity index (χ1v) is 19.8. The summed E-state index contributed by atoms with van der Waals surface area (Å²) >= 11 is 0. The Balaban J connectivity index is 1.07. The van der Waals surface area contributed by atoms with E-state index in [2.05, 4.69) is 192 Å². The average molecular weight is 715 g/mol. The summed E-state index contributed by atoms with van der Waals surface area (Å²) in [5, 5.41) is 13.0. The number of benzene rings is 10. The lowest BCUT2D eigenvalue weighted by molar-refractivity contribution is 0.807. The van der Waals surface area contributed by atoms with Crippen LogP contribution in [-0.4, -0.2) is 0 Å². The number of hydrogen-bond acceptors (Lipinski definition) is 2. The van der Waals surface area contributed by atoms with Crippen molar-refractivity contribution in [3.63, 3.8) is 0 Å². The molecule has 0 saturated heterocycles. The smallest absolute Gasteiger partial charge is 0.0473 e. The van der Waals surface area contributed by atoms with Gasteiger partial charge in [-0.05, 0) is 105 Å². The summed E-state index contributed by atoms with van der Waals surface area (Å²) in [6.07, 6.45) is 0. The summed E-state index contributed by atoms with van der Waals surface area (Å²) in [6, 6.07) is 68.2. The van der Waals surface area contributed by atoms with Crippen molar-refractivity contribution >= 4 is 65.2 Å². The summed E-state index contributed by atoms with van der Waals surface area (Å²) in [5.74, 6) is 0. The van der Waals surface area contributed by atoms with Gasteiger partial charge in [-0.3, -0.25) is 0 Å². The van der Waals surface area contributed by atoms with E-state index in [0.717, 1.165) is 26.2 Å². The molecule has 0 bridgehead atoms. The second-order valence-corrected chi connectivity index (χ2v) is 15.6. The van der Waals surface area contributed by atoms with E-state index in [9.17, 15) is 0 Å². The Hall–Kier alpha value is -6.90. The van der Waals surface area contributed by atoms with Crippen LogP contribution in [0.25, 0.3) is 76.1 Å². The van der Waals surface area contributed by atoms with Crippen LogP contribution in [0, 0.1) is 0 Å². The van der Waals surface area contributed by atoms with E-state index in [0.29, 0.717) is 0 Å². The van der Waals surface area contributed by atoms with Crippen LogP contribution in [0.5, 0.6) is 0 Å². The standard InChI is InChI=1S/C54H38N2/c1-5-17-44-35(11-1)23-27-40-31-55(32-41-28-24-36-12-2-6-18-45(36)51(41)50(40)44)48-21-9-15-39-16-10-22-49(54(39)48)56-33-42-29-25-37-13-3-7-19-46(37)52(42)53-43(34-56)30-26-38-14-4-8-20-47(38)53/h1-30H,31-34H2. The molecule has 2 nitrogen and oxygen atoms in total. The van der Waals surface area contributed by atoms with Crippen LogP contribution < -0.4 is 9.80 Å². The Morgan fingerprint density at radius 2 is 0.536 bits per heavy atom. The molecule has 56 heavy (non-hydrogen) atoms. The van der Waals surface area contributed by atoms with Gasteiger partial charge in [-0.25, -0.2) is 0 Å².